The van der Waals surface area contributed by atoms with Crippen LogP contribution in [0, 0.1) is 0 Å². The molecule has 1 N–H and O–H groups in total. The molecule has 0 bridgehead atoms. The first kappa shape index (κ1) is 10.4. The van der Waals surface area contributed by atoms with Crippen LogP contribution in [0.5, 0.6) is 0 Å². The van der Waals surface area contributed by atoms with Crippen molar-refractivity contribution in [2.75, 3.05) is 12.8 Å². The van der Waals surface area contributed by atoms with Crippen LogP contribution >= 0.6 is 0 Å². The van der Waals surface area contributed by atoms with Crippen LogP contribution in [0.25, 0.3) is 0 Å². The van der Waals surface area contributed by atoms with Crippen LogP contribution in [-0.2, 0) is 17.3 Å². The van der Waals surface area contributed by atoms with Gasteiger partial charge < -0.3 is 5.32 Å². The maximum absolute atomic E-state index is 11.3. The van der Waals surface area contributed by atoms with E-state index < -0.39 is 10.8 Å². The van der Waals surface area contributed by atoms with Gasteiger partial charge in [-0.3, -0.25) is 4.21 Å². The number of hydrogen-bond donors (Lipinski definition) is 1. The lowest BCUT2D eigenvalue weighted by Gasteiger charge is -2.06. The number of benzene rings is 1. The van der Waals surface area contributed by atoms with E-state index in [4.69, 9.17) is 0 Å². The molecule has 0 heterocycles. The summed E-state index contributed by atoms with van der Waals surface area (Å²) in [4.78, 5) is 0.934. The maximum atomic E-state index is 11.3. The highest BCUT2D eigenvalue weighted by molar-refractivity contribution is 7.84. The molecule has 0 radical (unpaired) electrons. The quantitative estimate of drug-likeness (QED) is 0.801. The van der Waals surface area contributed by atoms with E-state index in [1.54, 1.807) is 6.26 Å². The van der Waals surface area contributed by atoms with E-state index in [-0.39, 0.29) is 1.43 Å². The van der Waals surface area contributed by atoms with Crippen molar-refractivity contribution in [3.05, 3.63) is 29.8 Å². The van der Waals surface area contributed by atoms with Crippen molar-refractivity contribution in [2.24, 2.45) is 0 Å². The summed E-state index contributed by atoms with van der Waals surface area (Å²) in [5, 5.41) is 3.23. The van der Waals surface area contributed by atoms with E-state index in [2.05, 4.69) is 12.2 Å². The second kappa shape index (κ2) is 5.14. The topological polar surface area (TPSA) is 29.1 Å². The van der Waals surface area contributed by atoms with Crippen LogP contribution in [0.3, 0.4) is 0 Å². The molecular weight excluding hydrogens is 182 g/mol. The molecule has 0 aliphatic heterocycles. The summed E-state index contributed by atoms with van der Waals surface area (Å²) < 4.78 is 11.3. The van der Waals surface area contributed by atoms with Gasteiger partial charge in [0.1, 0.15) is 0 Å². The zero-order valence-electron chi connectivity index (χ0n) is 8.04. The lowest BCUT2D eigenvalue weighted by molar-refractivity contribution is 0.681. The Morgan fingerprint density at radius 1 is 1.46 bits per heavy atom. The van der Waals surface area contributed by atoms with Crippen molar-refractivity contribution in [1.82, 2.24) is 5.32 Å². The Balaban J connectivity index is 0.00000169. The smallest absolute Gasteiger partial charge is 0.0501 e. The molecule has 0 aromatic heterocycles. The van der Waals surface area contributed by atoms with E-state index >= 15 is 0 Å². The summed E-state index contributed by atoms with van der Waals surface area (Å²) in [6.45, 7) is 3.79. The van der Waals surface area contributed by atoms with Gasteiger partial charge in [-0.25, -0.2) is 0 Å². The van der Waals surface area contributed by atoms with Crippen LogP contribution in [0.15, 0.2) is 29.2 Å². The minimum Gasteiger partial charge on any atom is -0.313 e. The summed E-state index contributed by atoms with van der Waals surface area (Å²) in [6.07, 6.45) is 1.71. The van der Waals surface area contributed by atoms with Crippen molar-refractivity contribution in [2.45, 2.75) is 18.4 Å². The molecule has 1 unspecified atom stereocenters. The highest BCUT2D eigenvalue weighted by Gasteiger charge is 2.03. The highest BCUT2D eigenvalue weighted by atomic mass is 32.2. The fourth-order valence-corrected chi connectivity index (χ4v) is 1.97. The molecule has 1 rings (SSSR count). The Hall–Kier alpha value is -0.670. The first-order chi connectivity index (χ1) is 6.25. The largest absolute Gasteiger partial charge is 0.313 e. The molecule has 0 fully saturated rings. The number of nitrogens with one attached hydrogen (secondary N) is 1. The third-order valence-electron chi connectivity index (χ3n) is 1.85. The van der Waals surface area contributed by atoms with Gasteiger partial charge in [-0.05, 0) is 18.2 Å². The van der Waals surface area contributed by atoms with Crippen LogP contribution in [-0.4, -0.2) is 17.0 Å². The number of rotatable bonds is 4. The monoisotopic (exact) mass is 199 g/mol. The normalized spacial score (nSPS) is 12.8. The van der Waals surface area contributed by atoms with Crippen LogP contribution in [0.1, 0.15) is 13.9 Å². The molecule has 13 heavy (non-hydrogen) atoms. The summed E-state index contributed by atoms with van der Waals surface area (Å²) in [5.74, 6) is 0. The molecule has 0 spiro atoms. The van der Waals surface area contributed by atoms with Gasteiger partial charge in [0, 0.05) is 19.1 Å². The highest BCUT2D eigenvalue weighted by Crippen LogP contribution is 2.11. The lowest BCUT2D eigenvalue weighted by Crippen LogP contribution is -2.13. The Bertz CT molecular complexity index is 304. The minimum atomic E-state index is -0.884. The SMILES string of the molecule is CCNCc1ccccc1S(C)=O.[HH]. The molecule has 74 valence electrons. The lowest BCUT2D eigenvalue weighted by atomic mass is 10.2. The maximum Gasteiger partial charge on any atom is 0.0501 e. The van der Waals surface area contributed by atoms with E-state index in [0.717, 1.165) is 23.5 Å². The molecule has 0 saturated carbocycles. The second-order valence-corrected chi connectivity index (χ2v) is 4.19. The summed E-state index contributed by atoms with van der Waals surface area (Å²) in [5.41, 5.74) is 1.13. The first-order valence-corrected chi connectivity index (χ1v) is 5.93. The van der Waals surface area contributed by atoms with Gasteiger partial charge in [-0.15, -0.1) is 0 Å². The standard InChI is InChI=1S/C10H15NOS.H2/c1-3-11-8-9-6-4-5-7-10(9)13(2)12;/h4-7,11H,3,8H2,1-2H3;1H. The van der Waals surface area contributed by atoms with E-state index in [9.17, 15) is 4.21 Å². The molecular formula is C10H17NOS. The van der Waals surface area contributed by atoms with Crippen molar-refractivity contribution >= 4 is 10.8 Å². The molecule has 0 aliphatic rings. The van der Waals surface area contributed by atoms with Gasteiger partial charge in [0.15, 0.2) is 0 Å². The van der Waals surface area contributed by atoms with Crippen LogP contribution in [0.4, 0.5) is 0 Å². The fourth-order valence-electron chi connectivity index (χ4n) is 1.19. The molecule has 0 saturated heterocycles. The molecule has 3 heteroatoms. The molecule has 1 aromatic carbocycles. The summed E-state index contributed by atoms with van der Waals surface area (Å²) in [6, 6.07) is 7.83. The Labute approximate surface area is 83.3 Å². The van der Waals surface area contributed by atoms with Gasteiger partial charge in [0.05, 0.1) is 10.8 Å². The van der Waals surface area contributed by atoms with Crippen molar-refractivity contribution in [3.63, 3.8) is 0 Å². The zero-order valence-corrected chi connectivity index (χ0v) is 8.86. The summed E-state index contributed by atoms with van der Waals surface area (Å²) in [7, 11) is -0.884. The van der Waals surface area contributed by atoms with Gasteiger partial charge in [0.2, 0.25) is 0 Å². The average molecular weight is 199 g/mol. The molecule has 1 atom stereocenters. The Morgan fingerprint density at radius 3 is 2.77 bits per heavy atom. The third kappa shape index (κ3) is 2.94. The second-order valence-electron chi connectivity index (χ2n) is 2.84. The predicted octanol–water partition coefficient (Wildman–Crippen LogP) is 1.78. The van der Waals surface area contributed by atoms with Gasteiger partial charge in [-0.2, -0.15) is 0 Å². The third-order valence-corrected chi connectivity index (χ3v) is 2.87. The van der Waals surface area contributed by atoms with Gasteiger partial charge >= 0.3 is 0 Å². The van der Waals surface area contributed by atoms with Crippen molar-refractivity contribution in [1.29, 1.82) is 0 Å². The van der Waals surface area contributed by atoms with Crippen molar-refractivity contribution < 1.29 is 5.64 Å². The van der Waals surface area contributed by atoms with Crippen molar-refractivity contribution in [3.8, 4) is 0 Å². The molecule has 1 aromatic rings. The van der Waals surface area contributed by atoms with E-state index in [1.165, 1.54) is 0 Å². The Kier molecular flexibility index (Phi) is 4.12. The van der Waals surface area contributed by atoms with Gasteiger partial charge in [0.25, 0.3) is 0 Å². The van der Waals surface area contributed by atoms with E-state index in [1.807, 2.05) is 24.3 Å². The zero-order chi connectivity index (χ0) is 9.68. The predicted molar refractivity (Wildman–Crippen MR) is 58.3 cm³/mol. The Morgan fingerprint density at radius 2 is 2.15 bits per heavy atom. The van der Waals surface area contributed by atoms with Gasteiger partial charge in [-0.1, -0.05) is 25.1 Å². The van der Waals surface area contributed by atoms with E-state index in [0.29, 0.717) is 0 Å². The average Bonchev–Trinajstić information content (AvgIpc) is 2.15. The minimum absolute atomic E-state index is 0. The first-order valence-electron chi connectivity index (χ1n) is 4.37. The molecule has 2 nitrogen and oxygen atoms in total. The fraction of sp³-hybridized carbons (Fsp3) is 0.400. The van der Waals surface area contributed by atoms with Crippen LogP contribution in [0.2, 0.25) is 0 Å². The van der Waals surface area contributed by atoms with Crippen LogP contribution < -0.4 is 5.32 Å². The molecule has 0 aliphatic carbocycles. The summed E-state index contributed by atoms with van der Waals surface area (Å²) >= 11 is 0. The molecule has 0 amide bonds. The number of hydrogen-bond acceptors (Lipinski definition) is 2.